The van der Waals surface area contributed by atoms with Crippen LogP contribution >= 0.6 is 11.6 Å². The number of nitrogens with zero attached hydrogens (tertiary/aromatic N) is 4. The molecule has 0 bridgehead atoms. The quantitative estimate of drug-likeness (QED) is 0.590. The van der Waals surface area contributed by atoms with E-state index in [0.717, 1.165) is 17.7 Å². The van der Waals surface area contributed by atoms with Gasteiger partial charge in [-0.3, -0.25) is 23.8 Å². The zero-order valence-corrected chi connectivity index (χ0v) is 19.2. The number of amides is 1. The van der Waals surface area contributed by atoms with Gasteiger partial charge >= 0.3 is 6.18 Å². The van der Waals surface area contributed by atoms with Gasteiger partial charge in [0.15, 0.2) is 0 Å². The topological polar surface area (TPSA) is 70.0 Å². The van der Waals surface area contributed by atoms with Crippen LogP contribution in [0.2, 0.25) is 5.02 Å². The molecule has 1 aromatic carbocycles. The van der Waals surface area contributed by atoms with Crippen molar-refractivity contribution in [1.29, 1.82) is 0 Å². The number of anilines is 1. The normalized spacial score (nSPS) is 15.6. The molecule has 1 amide bonds. The lowest BCUT2D eigenvalue weighted by molar-refractivity contribution is -0.137. The average molecular weight is 494 g/mol. The van der Waals surface area contributed by atoms with Crippen molar-refractivity contribution in [2.75, 3.05) is 38.0 Å². The number of carbonyl (C=O) groups excluding carboxylic acids is 1. The first kappa shape index (κ1) is 24.2. The van der Waals surface area contributed by atoms with E-state index in [-0.39, 0.29) is 17.8 Å². The number of carbonyl (C=O) groups is 1. The van der Waals surface area contributed by atoms with Crippen molar-refractivity contribution in [3.05, 3.63) is 74.8 Å². The van der Waals surface area contributed by atoms with Crippen molar-refractivity contribution in [2.24, 2.45) is 0 Å². The van der Waals surface area contributed by atoms with Crippen LogP contribution in [0.4, 0.5) is 18.9 Å². The molecule has 0 radical (unpaired) electrons. The van der Waals surface area contributed by atoms with Crippen LogP contribution in [0.25, 0.3) is 5.65 Å². The molecule has 0 spiro atoms. The summed E-state index contributed by atoms with van der Waals surface area (Å²) < 4.78 is 40.6. The Kier molecular flexibility index (Phi) is 6.92. The second-order valence-corrected chi connectivity index (χ2v) is 8.67. The number of nitrogens with one attached hydrogen (secondary N) is 1. The van der Waals surface area contributed by atoms with Gasteiger partial charge in [0.05, 0.1) is 22.8 Å². The zero-order chi connectivity index (χ0) is 24.5. The van der Waals surface area contributed by atoms with E-state index in [1.54, 1.807) is 6.20 Å². The summed E-state index contributed by atoms with van der Waals surface area (Å²) in [4.78, 5) is 33.5. The number of piperazine rings is 1. The van der Waals surface area contributed by atoms with Crippen LogP contribution in [-0.4, -0.2) is 57.8 Å². The Hall–Kier alpha value is -2.95. The maximum atomic E-state index is 13.0. The van der Waals surface area contributed by atoms with Crippen molar-refractivity contribution in [3.63, 3.8) is 0 Å². The first-order valence-corrected chi connectivity index (χ1v) is 11.1. The second kappa shape index (κ2) is 9.73. The summed E-state index contributed by atoms with van der Waals surface area (Å²) in [7, 11) is 0. The molecular weight excluding hydrogens is 471 g/mol. The molecule has 180 valence electrons. The number of fused-ring (bicyclic) bond motifs is 1. The fraction of sp³-hybridized carbons (Fsp3) is 0.348. The summed E-state index contributed by atoms with van der Waals surface area (Å²) in [6, 6.07) is 8.54. The van der Waals surface area contributed by atoms with Gasteiger partial charge in [0, 0.05) is 50.7 Å². The zero-order valence-electron chi connectivity index (χ0n) is 18.4. The lowest BCUT2D eigenvalue weighted by Crippen LogP contribution is -2.48. The monoisotopic (exact) mass is 493 g/mol. The van der Waals surface area contributed by atoms with Crippen molar-refractivity contribution in [2.45, 2.75) is 19.6 Å². The Morgan fingerprint density at radius 2 is 1.82 bits per heavy atom. The van der Waals surface area contributed by atoms with E-state index < -0.39 is 22.7 Å². The van der Waals surface area contributed by atoms with Gasteiger partial charge < -0.3 is 5.32 Å². The third kappa shape index (κ3) is 5.57. The summed E-state index contributed by atoms with van der Waals surface area (Å²) in [6.45, 7) is 5.03. The maximum absolute atomic E-state index is 13.0. The van der Waals surface area contributed by atoms with E-state index in [1.165, 1.54) is 16.5 Å². The van der Waals surface area contributed by atoms with E-state index in [0.29, 0.717) is 44.1 Å². The molecule has 0 aliphatic carbocycles. The molecule has 2 aromatic heterocycles. The number of halogens is 4. The van der Waals surface area contributed by atoms with E-state index in [4.69, 9.17) is 11.6 Å². The Balaban J connectivity index is 1.31. The first-order chi connectivity index (χ1) is 16.1. The molecule has 11 heteroatoms. The minimum Gasteiger partial charge on any atom is -0.325 e. The summed E-state index contributed by atoms with van der Waals surface area (Å²) in [5.41, 5.74) is 1.17. The summed E-state index contributed by atoms with van der Waals surface area (Å²) in [5, 5.41) is 2.09. The average Bonchev–Trinajstić information content (AvgIpc) is 2.76. The van der Waals surface area contributed by atoms with Gasteiger partial charge in [0.2, 0.25) is 5.91 Å². The fourth-order valence-corrected chi connectivity index (χ4v) is 4.17. The smallest absolute Gasteiger partial charge is 0.325 e. The molecule has 3 heterocycles. The van der Waals surface area contributed by atoms with Gasteiger partial charge in [-0.05, 0) is 36.8 Å². The highest BCUT2D eigenvalue weighted by Gasteiger charge is 2.33. The summed E-state index contributed by atoms with van der Waals surface area (Å²) in [5.74, 6) is -0.399. The Morgan fingerprint density at radius 1 is 1.12 bits per heavy atom. The summed E-state index contributed by atoms with van der Waals surface area (Å²) in [6.07, 6.45) is -2.91. The largest absolute Gasteiger partial charge is 0.417 e. The van der Waals surface area contributed by atoms with E-state index in [9.17, 15) is 22.8 Å². The van der Waals surface area contributed by atoms with Crippen LogP contribution in [0.3, 0.4) is 0 Å². The molecular formula is C23H23ClF3N5O2. The SMILES string of the molecule is Cc1cccn2c(=O)cc(CN3CCN(CC(=O)Nc4ccc(Cl)c(C(F)(F)F)c4)CC3)nc12. The lowest BCUT2D eigenvalue weighted by atomic mass is 10.2. The van der Waals surface area contributed by atoms with Gasteiger partial charge in [-0.2, -0.15) is 13.2 Å². The predicted molar refractivity (Wildman–Crippen MR) is 123 cm³/mol. The first-order valence-electron chi connectivity index (χ1n) is 10.7. The molecule has 0 saturated carbocycles. The molecule has 4 rings (SSSR count). The van der Waals surface area contributed by atoms with Gasteiger partial charge in [-0.15, -0.1) is 0 Å². The number of benzene rings is 1. The number of alkyl halides is 3. The molecule has 0 atom stereocenters. The van der Waals surface area contributed by atoms with Crippen LogP contribution in [0.15, 0.2) is 47.4 Å². The van der Waals surface area contributed by atoms with Crippen molar-refractivity contribution in [1.82, 2.24) is 19.2 Å². The van der Waals surface area contributed by atoms with Crippen LogP contribution < -0.4 is 10.9 Å². The molecule has 34 heavy (non-hydrogen) atoms. The van der Waals surface area contributed by atoms with E-state index in [1.807, 2.05) is 24.0 Å². The number of pyridine rings is 1. The van der Waals surface area contributed by atoms with E-state index >= 15 is 0 Å². The van der Waals surface area contributed by atoms with Crippen LogP contribution in [0.1, 0.15) is 16.8 Å². The van der Waals surface area contributed by atoms with Crippen LogP contribution in [-0.2, 0) is 17.5 Å². The highest BCUT2D eigenvalue weighted by molar-refractivity contribution is 6.31. The van der Waals surface area contributed by atoms with Gasteiger partial charge in [0.1, 0.15) is 5.65 Å². The number of aryl methyl sites for hydroxylation is 1. The van der Waals surface area contributed by atoms with Gasteiger partial charge in [0.25, 0.3) is 5.56 Å². The molecule has 7 nitrogen and oxygen atoms in total. The number of hydrogen-bond acceptors (Lipinski definition) is 5. The highest BCUT2D eigenvalue weighted by Crippen LogP contribution is 2.36. The van der Waals surface area contributed by atoms with Crippen molar-refractivity contribution < 1.29 is 18.0 Å². The number of hydrogen-bond donors (Lipinski definition) is 1. The van der Waals surface area contributed by atoms with E-state index in [2.05, 4.69) is 15.2 Å². The predicted octanol–water partition coefficient (Wildman–Crippen LogP) is 3.43. The highest BCUT2D eigenvalue weighted by atomic mass is 35.5. The standard InChI is InChI=1S/C23H23ClF3N5O2/c1-15-3-2-6-32-21(34)12-17(29-22(15)32)13-30-7-9-31(10-8-30)14-20(33)28-16-4-5-19(24)18(11-16)23(25,26)27/h2-6,11-12H,7-10,13-14H2,1H3,(H,28,33). The molecule has 1 saturated heterocycles. The molecule has 3 aromatic rings. The minimum absolute atomic E-state index is 0.0457. The Bertz CT molecular complexity index is 1270. The molecule has 1 aliphatic heterocycles. The fourth-order valence-electron chi connectivity index (χ4n) is 3.95. The minimum atomic E-state index is -4.60. The number of rotatable bonds is 5. The van der Waals surface area contributed by atoms with Gasteiger partial charge in [-0.1, -0.05) is 17.7 Å². The van der Waals surface area contributed by atoms with Gasteiger partial charge in [-0.25, -0.2) is 4.98 Å². The molecule has 1 aliphatic rings. The van der Waals surface area contributed by atoms with Crippen LogP contribution in [0.5, 0.6) is 0 Å². The third-order valence-electron chi connectivity index (χ3n) is 5.71. The van der Waals surface area contributed by atoms with Crippen LogP contribution in [0, 0.1) is 6.92 Å². The Morgan fingerprint density at radius 3 is 2.53 bits per heavy atom. The number of aromatic nitrogens is 2. The third-order valence-corrected chi connectivity index (χ3v) is 6.04. The lowest BCUT2D eigenvalue weighted by Gasteiger charge is -2.34. The molecule has 1 N–H and O–H groups in total. The molecule has 0 unspecified atom stereocenters. The Labute approximate surface area is 198 Å². The summed E-state index contributed by atoms with van der Waals surface area (Å²) >= 11 is 5.62. The molecule has 1 fully saturated rings. The van der Waals surface area contributed by atoms with Crippen molar-refractivity contribution in [3.8, 4) is 0 Å². The maximum Gasteiger partial charge on any atom is 0.417 e. The van der Waals surface area contributed by atoms with Crippen molar-refractivity contribution >= 4 is 28.8 Å². The second-order valence-electron chi connectivity index (χ2n) is 8.26.